The van der Waals surface area contributed by atoms with Gasteiger partial charge in [0.25, 0.3) is 5.91 Å². The summed E-state index contributed by atoms with van der Waals surface area (Å²) < 4.78 is 10.6. The van der Waals surface area contributed by atoms with E-state index in [2.05, 4.69) is 19.2 Å². The number of amides is 2. The van der Waals surface area contributed by atoms with Crippen LogP contribution >= 0.6 is 0 Å². The lowest BCUT2D eigenvalue weighted by atomic mass is 9.88. The first-order valence-corrected chi connectivity index (χ1v) is 10.8. The van der Waals surface area contributed by atoms with E-state index < -0.39 is 0 Å². The molecule has 166 valence electrons. The Balaban J connectivity index is 1.83. The van der Waals surface area contributed by atoms with E-state index >= 15 is 0 Å². The summed E-state index contributed by atoms with van der Waals surface area (Å²) in [6.07, 6.45) is 0.925. The molecule has 0 unspecified atom stereocenters. The zero-order valence-corrected chi connectivity index (χ0v) is 18.8. The first-order chi connectivity index (χ1) is 14.9. The molecule has 1 heterocycles. The first-order valence-electron chi connectivity index (χ1n) is 10.8. The van der Waals surface area contributed by atoms with Gasteiger partial charge >= 0.3 is 0 Å². The first kappa shape index (κ1) is 22.7. The molecule has 2 atom stereocenters. The van der Waals surface area contributed by atoms with Gasteiger partial charge in [0.2, 0.25) is 5.91 Å². The summed E-state index contributed by atoms with van der Waals surface area (Å²) >= 11 is 0. The maximum atomic E-state index is 13.2. The number of hydrogen-bond donors (Lipinski definition) is 1. The number of nitrogens with zero attached hydrogens (tertiary/aromatic N) is 1. The topological polar surface area (TPSA) is 67.9 Å². The van der Waals surface area contributed by atoms with Crippen LogP contribution in [0.5, 0.6) is 11.5 Å². The molecule has 1 fully saturated rings. The molecular formula is C25H32N2O4. The minimum Gasteiger partial charge on any atom is -0.497 e. The third-order valence-corrected chi connectivity index (χ3v) is 5.80. The highest BCUT2D eigenvalue weighted by atomic mass is 16.5. The molecule has 31 heavy (non-hydrogen) atoms. The fraction of sp³-hybridized carbons (Fsp3) is 0.440. The normalized spacial score (nSPS) is 18.2. The summed E-state index contributed by atoms with van der Waals surface area (Å²) in [5.41, 5.74) is 1.56. The van der Waals surface area contributed by atoms with Gasteiger partial charge in [-0.15, -0.1) is 0 Å². The van der Waals surface area contributed by atoms with Crippen LogP contribution in [-0.2, 0) is 4.79 Å². The maximum Gasteiger partial charge on any atom is 0.254 e. The number of nitrogens with one attached hydrogen (secondary N) is 1. The predicted octanol–water partition coefficient (Wildman–Crippen LogP) is 3.72. The number of likely N-dealkylation sites (tertiary alicyclic amines) is 1. The van der Waals surface area contributed by atoms with Crippen molar-refractivity contribution < 1.29 is 19.1 Å². The highest BCUT2D eigenvalue weighted by Crippen LogP contribution is 2.35. The van der Waals surface area contributed by atoms with Crippen molar-refractivity contribution in [1.82, 2.24) is 10.2 Å². The van der Waals surface area contributed by atoms with E-state index in [1.54, 1.807) is 37.3 Å². The van der Waals surface area contributed by atoms with Crippen LogP contribution in [0.25, 0.3) is 0 Å². The summed E-state index contributed by atoms with van der Waals surface area (Å²) in [5.74, 6) is 1.40. The number of ether oxygens (including phenoxy) is 2. The minimum atomic E-state index is -0.311. The number of hydrogen-bond acceptors (Lipinski definition) is 4. The second kappa shape index (κ2) is 10.3. The molecule has 0 aliphatic carbocycles. The lowest BCUT2D eigenvalue weighted by Crippen LogP contribution is -2.36. The molecule has 1 saturated heterocycles. The van der Waals surface area contributed by atoms with Crippen LogP contribution in [0.4, 0.5) is 0 Å². The molecule has 1 aliphatic heterocycles. The van der Waals surface area contributed by atoms with E-state index in [0.717, 1.165) is 17.7 Å². The van der Waals surface area contributed by atoms with Crippen molar-refractivity contribution in [3.8, 4) is 11.5 Å². The van der Waals surface area contributed by atoms with Crippen LogP contribution in [0, 0.1) is 11.8 Å². The van der Waals surface area contributed by atoms with Crippen LogP contribution in [-0.4, -0.2) is 50.6 Å². The third kappa shape index (κ3) is 5.57. The van der Waals surface area contributed by atoms with Crippen molar-refractivity contribution in [3.63, 3.8) is 0 Å². The molecule has 0 aromatic heterocycles. The standard InChI is InChI=1S/C25H32N2O4/c1-17(2)11-12-26-24(28)23-16-27(25(29)19-8-6-10-21(14-19)31-4)15-22(23)18-7-5-9-20(13-18)30-3/h5-10,13-14,17,22-23H,11-12,15-16H2,1-4H3,(H,26,28)/t22-,23-/m0/s1. The van der Waals surface area contributed by atoms with Gasteiger partial charge in [0.05, 0.1) is 20.1 Å². The van der Waals surface area contributed by atoms with Crippen LogP contribution in [0.2, 0.25) is 0 Å². The van der Waals surface area contributed by atoms with Gasteiger partial charge in [0.15, 0.2) is 0 Å². The fourth-order valence-electron chi connectivity index (χ4n) is 4.00. The largest absolute Gasteiger partial charge is 0.497 e. The summed E-state index contributed by atoms with van der Waals surface area (Å²) in [4.78, 5) is 28.0. The molecule has 2 aromatic rings. The van der Waals surface area contributed by atoms with Crippen molar-refractivity contribution in [2.24, 2.45) is 11.8 Å². The van der Waals surface area contributed by atoms with E-state index in [1.165, 1.54) is 0 Å². The van der Waals surface area contributed by atoms with Gasteiger partial charge in [0.1, 0.15) is 11.5 Å². The van der Waals surface area contributed by atoms with E-state index in [-0.39, 0.29) is 23.7 Å². The average Bonchev–Trinajstić information content (AvgIpc) is 3.24. The van der Waals surface area contributed by atoms with Gasteiger partial charge < -0.3 is 19.7 Å². The van der Waals surface area contributed by atoms with Crippen molar-refractivity contribution in [3.05, 3.63) is 59.7 Å². The van der Waals surface area contributed by atoms with Crippen LogP contribution in [0.3, 0.4) is 0 Å². The second-order valence-corrected chi connectivity index (χ2v) is 8.41. The molecule has 0 radical (unpaired) electrons. The molecule has 0 spiro atoms. The number of rotatable bonds is 8. The molecule has 6 heteroatoms. The average molecular weight is 425 g/mol. The van der Waals surface area contributed by atoms with Gasteiger partial charge in [0, 0.05) is 31.1 Å². The number of carbonyl (C=O) groups is 2. The van der Waals surface area contributed by atoms with Crippen molar-refractivity contribution in [2.75, 3.05) is 33.9 Å². The maximum absolute atomic E-state index is 13.2. The van der Waals surface area contributed by atoms with Gasteiger partial charge in [-0.2, -0.15) is 0 Å². The Hall–Kier alpha value is -3.02. The Morgan fingerprint density at radius 1 is 1.03 bits per heavy atom. The molecule has 0 bridgehead atoms. The Bertz CT molecular complexity index is 912. The van der Waals surface area contributed by atoms with Crippen molar-refractivity contribution in [1.29, 1.82) is 0 Å². The lowest BCUT2D eigenvalue weighted by Gasteiger charge is -2.19. The zero-order valence-electron chi connectivity index (χ0n) is 18.8. The molecule has 1 aliphatic rings. The second-order valence-electron chi connectivity index (χ2n) is 8.41. The molecule has 0 saturated carbocycles. The Morgan fingerprint density at radius 3 is 2.39 bits per heavy atom. The van der Waals surface area contributed by atoms with Crippen molar-refractivity contribution in [2.45, 2.75) is 26.2 Å². The van der Waals surface area contributed by atoms with Crippen LogP contribution in [0.1, 0.15) is 42.1 Å². The van der Waals surface area contributed by atoms with E-state index in [4.69, 9.17) is 9.47 Å². The van der Waals surface area contributed by atoms with E-state index in [9.17, 15) is 9.59 Å². The van der Waals surface area contributed by atoms with Crippen LogP contribution in [0.15, 0.2) is 48.5 Å². The highest BCUT2D eigenvalue weighted by molar-refractivity contribution is 5.95. The molecular weight excluding hydrogens is 392 g/mol. The summed E-state index contributed by atoms with van der Waals surface area (Å²) in [5, 5.41) is 3.07. The number of methoxy groups -OCH3 is 2. The third-order valence-electron chi connectivity index (χ3n) is 5.80. The lowest BCUT2D eigenvalue weighted by molar-refractivity contribution is -0.124. The van der Waals surface area contributed by atoms with Crippen LogP contribution < -0.4 is 14.8 Å². The summed E-state index contributed by atoms with van der Waals surface area (Å²) in [7, 11) is 3.21. The Morgan fingerprint density at radius 2 is 1.71 bits per heavy atom. The molecule has 3 rings (SSSR count). The van der Waals surface area contributed by atoms with E-state index in [1.807, 2.05) is 30.3 Å². The van der Waals surface area contributed by atoms with Gasteiger partial charge in [-0.3, -0.25) is 9.59 Å². The highest BCUT2D eigenvalue weighted by Gasteiger charge is 2.40. The molecule has 2 aromatic carbocycles. The molecule has 2 amide bonds. The van der Waals surface area contributed by atoms with Gasteiger partial charge in [-0.05, 0) is 48.2 Å². The Kier molecular flexibility index (Phi) is 7.55. The summed E-state index contributed by atoms with van der Waals surface area (Å²) in [6, 6.07) is 14.9. The number of carbonyl (C=O) groups excluding carboxylic acids is 2. The molecule has 1 N–H and O–H groups in total. The Labute approximate surface area is 184 Å². The minimum absolute atomic E-state index is 0.00517. The monoisotopic (exact) mass is 424 g/mol. The predicted molar refractivity (Wildman–Crippen MR) is 121 cm³/mol. The SMILES string of the molecule is COc1cccc(C(=O)N2C[C@H](C(=O)NCCC(C)C)[C@H](c3cccc(OC)c3)C2)c1. The number of benzene rings is 2. The quantitative estimate of drug-likeness (QED) is 0.701. The van der Waals surface area contributed by atoms with Gasteiger partial charge in [-0.25, -0.2) is 0 Å². The van der Waals surface area contributed by atoms with Gasteiger partial charge in [-0.1, -0.05) is 32.0 Å². The van der Waals surface area contributed by atoms with E-state index in [0.29, 0.717) is 36.9 Å². The summed E-state index contributed by atoms with van der Waals surface area (Å²) in [6.45, 7) is 5.77. The fourth-order valence-corrected chi connectivity index (χ4v) is 4.00. The molecule has 6 nitrogen and oxygen atoms in total. The van der Waals surface area contributed by atoms with Crippen molar-refractivity contribution >= 4 is 11.8 Å². The smallest absolute Gasteiger partial charge is 0.254 e. The zero-order chi connectivity index (χ0) is 22.4.